The molecule has 2 aromatic rings. The average molecular weight is 250 g/mol. The van der Waals surface area contributed by atoms with E-state index in [0.29, 0.717) is 6.04 Å². The summed E-state index contributed by atoms with van der Waals surface area (Å²) >= 11 is 1.78. The summed E-state index contributed by atoms with van der Waals surface area (Å²) in [5.41, 5.74) is 1.15. The molecule has 0 saturated carbocycles. The summed E-state index contributed by atoms with van der Waals surface area (Å²) in [5, 5.41) is 4.65. The molecule has 0 saturated heterocycles. The van der Waals surface area contributed by atoms with E-state index >= 15 is 0 Å². The molecular formula is C12H18N4S. The Bertz CT molecular complexity index is 461. The van der Waals surface area contributed by atoms with E-state index in [2.05, 4.69) is 40.6 Å². The summed E-state index contributed by atoms with van der Waals surface area (Å²) < 4.78 is 2.07. The summed E-state index contributed by atoms with van der Waals surface area (Å²) in [4.78, 5) is 9.82. The van der Waals surface area contributed by atoms with Crippen molar-refractivity contribution in [3.8, 4) is 0 Å². The number of rotatable bonds is 5. The highest BCUT2D eigenvalue weighted by molar-refractivity contribution is 7.11. The molecule has 1 N–H and O–H groups in total. The van der Waals surface area contributed by atoms with Gasteiger partial charge in [0.05, 0.1) is 17.0 Å². The zero-order valence-corrected chi connectivity index (χ0v) is 11.3. The highest BCUT2D eigenvalue weighted by Gasteiger charge is 2.11. The average Bonchev–Trinajstić information content (AvgIpc) is 2.88. The minimum Gasteiger partial charge on any atom is -0.336 e. The van der Waals surface area contributed by atoms with Crippen molar-refractivity contribution in [1.82, 2.24) is 19.9 Å². The Morgan fingerprint density at radius 3 is 2.88 bits per heavy atom. The molecule has 1 unspecified atom stereocenters. The van der Waals surface area contributed by atoms with Gasteiger partial charge in [0.15, 0.2) is 0 Å². The van der Waals surface area contributed by atoms with Gasteiger partial charge in [-0.25, -0.2) is 9.97 Å². The zero-order valence-electron chi connectivity index (χ0n) is 10.5. The fraction of sp³-hybridized carbons (Fsp3) is 0.500. The molecule has 0 fully saturated rings. The second kappa shape index (κ2) is 5.42. The van der Waals surface area contributed by atoms with Gasteiger partial charge in [0, 0.05) is 36.4 Å². The first-order valence-corrected chi connectivity index (χ1v) is 6.61. The number of thiazole rings is 1. The van der Waals surface area contributed by atoms with E-state index in [1.165, 1.54) is 4.88 Å². The standard InChI is InChI=1S/C12H18N4S/c1-9(12-10(2)15-11(3)17-12)14-5-7-16-6-4-13-8-16/h4,6,8-9,14H,5,7H2,1-3H3. The first kappa shape index (κ1) is 12.3. The first-order chi connectivity index (χ1) is 8.16. The highest BCUT2D eigenvalue weighted by Crippen LogP contribution is 2.24. The van der Waals surface area contributed by atoms with Gasteiger partial charge in [0.1, 0.15) is 0 Å². The van der Waals surface area contributed by atoms with E-state index in [1.807, 2.05) is 12.5 Å². The minimum absolute atomic E-state index is 0.365. The maximum absolute atomic E-state index is 4.45. The normalized spacial score (nSPS) is 12.9. The molecule has 0 spiro atoms. The Morgan fingerprint density at radius 1 is 1.47 bits per heavy atom. The van der Waals surface area contributed by atoms with Crippen molar-refractivity contribution < 1.29 is 0 Å². The van der Waals surface area contributed by atoms with Crippen molar-refractivity contribution in [2.45, 2.75) is 33.4 Å². The third-order valence-corrected chi connectivity index (χ3v) is 3.97. The highest BCUT2D eigenvalue weighted by atomic mass is 32.1. The van der Waals surface area contributed by atoms with E-state index in [0.717, 1.165) is 23.8 Å². The summed E-state index contributed by atoms with van der Waals surface area (Å²) in [5.74, 6) is 0. The lowest BCUT2D eigenvalue weighted by Crippen LogP contribution is -2.22. The Labute approximate surface area is 106 Å². The molecule has 17 heavy (non-hydrogen) atoms. The fourth-order valence-corrected chi connectivity index (χ4v) is 2.82. The molecule has 0 aliphatic heterocycles. The predicted octanol–water partition coefficient (Wildman–Crippen LogP) is 2.31. The van der Waals surface area contributed by atoms with Crippen molar-refractivity contribution in [1.29, 1.82) is 0 Å². The van der Waals surface area contributed by atoms with E-state index in [-0.39, 0.29) is 0 Å². The SMILES string of the molecule is Cc1nc(C)c(C(C)NCCn2ccnc2)s1. The number of aromatic nitrogens is 3. The lowest BCUT2D eigenvalue weighted by atomic mass is 10.2. The van der Waals surface area contributed by atoms with E-state index in [4.69, 9.17) is 0 Å². The van der Waals surface area contributed by atoms with Crippen LogP contribution in [-0.4, -0.2) is 21.1 Å². The molecule has 2 rings (SSSR count). The molecule has 2 aromatic heterocycles. The summed E-state index contributed by atoms with van der Waals surface area (Å²) in [6.07, 6.45) is 5.63. The van der Waals surface area contributed by atoms with Crippen LogP contribution in [0.3, 0.4) is 0 Å². The van der Waals surface area contributed by atoms with Gasteiger partial charge >= 0.3 is 0 Å². The van der Waals surface area contributed by atoms with Gasteiger partial charge in [-0.1, -0.05) is 0 Å². The maximum atomic E-state index is 4.45. The summed E-state index contributed by atoms with van der Waals surface area (Å²) in [6.45, 7) is 8.20. The van der Waals surface area contributed by atoms with Crippen LogP contribution in [0.25, 0.3) is 0 Å². The number of hydrogen-bond donors (Lipinski definition) is 1. The largest absolute Gasteiger partial charge is 0.336 e. The molecular weight excluding hydrogens is 232 g/mol. The molecule has 92 valence electrons. The molecule has 5 heteroatoms. The Hall–Kier alpha value is -1.20. The topological polar surface area (TPSA) is 42.7 Å². The van der Waals surface area contributed by atoms with Crippen molar-refractivity contribution in [3.05, 3.63) is 34.3 Å². The first-order valence-electron chi connectivity index (χ1n) is 5.80. The van der Waals surface area contributed by atoms with Crippen LogP contribution in [0.4, 0.5) is 0 Å². The molecule has 0 aliphatic rings. The van der Waals surface area contributed by atoms with Crippen LogP contribution >= 0.6 is 11.3 Å². The van der Waals surface area contributed by atoms with Crippen LogP contribution in [0.1, 0.15) is 28.5 Å². The predicted molar refractivity (Wildman–Crippen MR) is 70.2 cm³/mol. The third kappa shape index (κ3) is 3.14. The smallest absolute Gasteiger partial charge is 0.0946 e. The van der Waals surface area contributed by atoms with E-state index in [9.17, 15) is 0 Å². The molecule has 0 amide bonds. The number of nitrogens with one attached hydrogen (secondary N) is 1. The third-order valence-electron chi connectivity index (χ3n) is 2.71. The van der Waals surface area contributed by atoms with Gasteiger partial charge in [-0.3, -0.25) is 0 Å². The number of nitrogens with zero attached hydrogens (tertiary/aromatic N) is 3. The van der Waals surface area contributed by atoms with Gasteiger partial charge in [-0.15, -0.1) is 11.3 Å². The van der Waals surface area contributed by atoms with Crippen LogP contribution in [0.15, 0.2) is 18.7 Å². The van der Waals surface area contributed by atoms with Crippen LogP contribution < -0.4 is 5.32 Å². The molecule has 1 atom stereocenters. The molecule has 0 radical (unpaired) electrons. The lowest BCUT2D eigenvalue weighted by Gasteiger charge is -2.12. The second-order valence-electron chi connectivity index (χ2n) is 4.16. The van der Waals surface area contributed by atoms with Gasteiger partial charge in [-0.05, 0) is 20.8 Å². The molecule has 4 nitrogen and oxygen atoms in total. The molecule has 0 aromatic carbocycles. The molecule has 0 aliphatic carbocycles. The van der Waals surface area contributed by atoms with Gasteiger partial charge in [0.25, 0.3) is 0 Å². The zero-order chi connectivity index (χ0) is 12.3. The van der Waals surface area contributed by atoms with Crippen LogP contribution in [0.2, 0.25) is 0 Å². The second-order valence-corrected chi connectivity index (χ2v) is 5.39. The Balaban J connectivity index is 1.85. The van der Waals surface area contributed by atoms with E-state index < -0.39 is 0 Å². The fourth-order valence-electron chi connectivity index (χ4n) is 1.87. The summed E-state index contributed by atoms with van der Waals surface area (Å²) in [7, 11) is 0. The van der Waals surface area contributed by atoms with Crippen molar-refractivity contribution in [2.24, 2.45) is 0 Å². The molecule has 2 heterocycles. The van der Waals surface area contributed by atoms with Crippen LogP contribution in [0, 0.1) is 13.8 Å². The summed E-state index contributed by atoms with van der Waals surface area (Å²) in [6, 6.07) is 0.365. The van der Waals surface area contributed by atoms with Crippen LogP contribution in [-0.2, 0) is 6.54 Å². The van der Waals surface area contributed by atoms with Crippen LogP contribution in [0.5, 0.6) is 0 Å². The van der Waals surface area contributed by atoms with Gasteiger partial charge in [0.2, 0.25) is 0 Å². The lowest BCUT2D eigenvalue weighted by molar-refractivity contribution is 0.534. The van der Waals surface area contributed by atoms with Gasteiger partial charge in [-0.2, -0.15) is 0 Å². The quantitative estimate of drug-likeness (QED) is 0.885. The monoisotopic (exact) mass is 250 g/mol. The van der Waals surface area contributed by atoms with Gasteiger partial charge < -0.3 is 9.88 Å². The minimum atomic E-state index is 0.365. The number of hydrogen-bond acceptors (Lipinski definition) is 4. The van der Waals surface area contributed by atoms with Crippen molar-refractivity contribution in [3.63, 3.8) is 0 Å². The molecule has 0 bridgehead atoms. The Kier molecular flexibility index (Phi) is 3.91. The number of aryl methyl sites for hydroxylation is 2. The van der Waals surface area contributed by atoms with Crippen molar-refractivity contribution >= 4 is 11.3 Å². The Morgan fingerprint density at radius 2 is 2.29 bits per heavy atom. The maximum Gasteiger partial charge on any atom is 0.0946 e. The number of imidazole rings is 1. The van der Waals surface area contributed by atoms with E-state index in [1.54, 1.807) is 17.5 Å². The van der Waals surface area contributed by atoms with Crippen molar-refractivity contribution in [2.75, 3.05) is 6.54 Å².